The van der Waals surface area contributed by atoms with Crippen molar-refractivity contribution in [3.8, 4) is 11.5 Å². The molecule has 0 unspecified atom stereocenters. The van der Waals surface area contributed by atoms with Gasteiger partial charge in [-0.1, -0.05) is 0 Å². The number of aliphatic imine (C=N–C) groups is 1. The monoisotopic (exact) mass is 274 g/mol. The van der Waals surface area contributed by atoms with Crippen molar-refractivity contribution in [2.24, 2.45) is 4.99 Å². The number of isocyanates is 1. The second kappa shape index (κ2) is 5.73. The Kier molecular flexibility index (Phi) is 3.83. The lowest BCUT2D eigenvalue weighted by Gasteiger charge is -2.06. The molecule has 0 heterocycles. The van der Waals surface area contributed by atoms with Gasteiger partial charge in [-0.15, -0.1) is 0 Å². The molecule has 20 heavy (non-hydrogen) atoms. The fraction of sp³-hybridized carbons (Fsp3) is 0. The standard InChI is InChI=1S/C13H7FN2O4/c14-9-1-3-12(4-2-9)20-13-6-10(15-8-17)5-11(7-13)16(18)19/h1-7H. The molecule has 0 amide bonds. The highest BCUT2D eigenvalue weighted by atomic mass is 19.1. The minimum Gasteiger partial charge on any atom is -0.457 e. The molecule has 0 aliphatic heterocycles. The fourth-order valence-corrected chi connectivity index (χ4v) is 1.49. The third-order valence-corrected chi connectivity index (χ3v) is 2.31. The number of ether oxygens (including phenoxy) is 1. The van der Waals surface area contributed by atoms with Crippen molar-refractivity contribution in [3.05, 3.63) is 58.4 Å². The fourth-order valence-electron chi connectivity index (χ4n) is 1.49. The lowest BCUT2D eigenvalue weighted by Crippen LogP contribution is -1.90. The van der Waals surface area contributed by atoms with Crippen LogP contribution in [0.2, 0.25) is 0 Å². The number of nitro benzene ring substituents is 1. The summed E-state index contributed by atoms with van der Waals surface area (Å²) in [6.07, 6.45) is 1.30. The van der Waals surface area contributed by atoms with Crippen LogP contribution in [0.4, 0.5) is 15.8 Å². The summed E-state index contributed by atoms with van der Waals surface area (Å²) in [5, 5.41) is 10.8. The van der Waals surface area contributed by atoms with E-state index >= 15 is 0 Å². The SMILES string of the molecule is O=C=Nc1cc(Oc2ccc(F)cc2)cc([N+](=O)[O-])c1. The molecular formula is C13H7FN2O4. The molecule has 0 aromatic heterocycles. The van der Waals surface area contributed by atoms with Crippen LogP contribution in [0.5, 0.6) is 11.5 Å². The summed E-state index contributed by atoms with van der Waals surface area (Å²) < 4.78 is 18.1. The number of halogens is 1. The van der Waals surface area contributed by atoms with Gasteiger partial charge in [0.1, 0.15) is 17.3 Å². The molecule has 2 rings (SSSR count). The van der Waals surface area contributed by atoms with Gasteiger partial charge in [0, 0.05) is 12.1 Å². The topological polar surface area (TPSA) is 81.8 Å². The average molecular weight is 274 g/mol. The number of nitro groups is 1. The maximum atomic E-state index is 12.8. The van der Waals surface area contributed by atoms with Crippen molar-refractivity contribution in [3.63, 3.8) is 0 Å². The second-order valence-corrected chi connectivity index (χ2v) is 3.70. The van der Waals surface area contributed by atoms with Gasteiger partial charge in [-0.2, -0.15) is 4.99 Å². The number of nitrogens with zero attached hydrogens (tertiary/aromatic N) is 2. The predicted octanol–water partition coefficient (Wildman–Crippen LogP) is 3.49. The summed E-state index contributed by atoms with van der Waals surface area (Å²) in [6, 6.07) is 8.75. The smallest absolute Gasteiger partial charge is 0.275 e. The molecule has 7 heteroatoms. The molecule has 6 nitrogen and oxygen atoms in total. The van der Waals surface area contributed by atoms with E-state index in [9.17, 15) is 19.3 Å². The van der Waals surface area contributed by atoms with E-state index in [0.29, 0.717) is 5.75 Å². The Hall–Kier alpha value is -3.05. The van der Waals surface area contributed by atoms with E-state index < -0.39 is 10.7 Å². The quantitative estimate of drug-likeness (QED) is 0.370. The molecule has 0 radical (unpaired) electrons. The van der Waals surface area contributed by atoms with E-state index in [4.69, 9.17) is 4.74 Å². The molecule has 0 bridgehead atoms. The highest BCUT2D eigenvalue weighted by Gasteiger charge is 2.11. The van der Waals surface area contributed by atoms with E-state index in [2.05, 4.69) is 4.99 Å². The van der Waals surface area contributed by atoms with Gasteiger partial charge in [0.15, 0.2) is 0 Å². The van der Waals surface area contributed by atoms with Crippen LogP contribution in [-0.4, -0.2) is 11.0 Å². The number of rotatable bonds is 4. The third-order valence-electron chi connectivity index (χ3n) is 2.31. The van der Waals surface area contributed by atoms with Gasteiger partial charge < -0.3 is 4.74 Å². The van der Waals surface area contributed by atoms with Crippen LogP contribution in [-0.2, 0) is 4.79 Å². The molecular weight excluding hydrogens is 267 g/mol. The average Bonchev–Trinajstić information content (AvgIpc) is 2.41. The number of hydrogen-bond donors (Lipinski definition) is 0. The predicted molar refractivity (Wildman–Crippen MR) is 67.4 cm³/mol. The number of carbonyl (C=O) groups excluding carboxylic acids is 1. The molecule has 0 atom stereocenters. The van der Waals surface area contributed by atoms with Crippen molar-refractivity contribution in [2.45, 2.75) is 0 Å². The van der Waals surface area contributed by atoms with Gasteiger partial charge in [-0.05, 0) is 24.3 Å². The Balaban J connectivity index is 2.37. The van der Waals surface area contributed by atoms with E-state index in [1.807, 2.05) is 0 Å². The first-order chi connectivity index (χ1) is 9.58. The molecule has 2 aromatic rings. The molecule has 100 valence electrons. The zero-order valence-electron chi connectivity index (χ0n) is 9.95. The van der Waals surface area contributed by atoms with Crippen LogP contribution >= 0.6 is 0 Å². The summed E-state index contributed by atoms with van der Waals surface area (Å²) in [6.45, 7) is 0. The van der Waals surface area contributed by atoms with Crippen LogP contribution in [0.3, 0.4) is 0 Å². The molecule has 0 spiro atoms. The first-order valence-electron chi connectivity index (χ1n) is 5.39. The summed E-state index contributed by atoms with van der Waals surface area (Å²) in [5.41, 5.74) is -0.232. The molecule has 0 saturated heterocycles. The highest BCUT2D eigenvalue weighted by molar-refractivity contribution is 5.57. The number of hydrogen-bond acceptors (Lipinski definition) is 5. The molecule has 0 fully saturated rings. The number of non-ortho nitro benzene ring substituents is 1. The van der Waals surface area contributed by atoms with Gasteiger partial charge in [0.05, 0.1) is 16.7 Å². The third kappa shape index (κ3) is 3.24. The first-order valence-corrected chi connectivity index (χ1v) is 5.39. The van der Waals surface area contributed by atoms with Gasteiger partial charge >= 0.3 is 0 Å². The minimum absolute atomic E-state index is 0.0475. The largest absolute Gasteiger partial charge is 0.457 e. The Morgan fingerprint density at radius 1 is 1.15 bits per heavy atom. The normalized spacial score (nSPS) is 9.65. The molecule has 0 saturated carbocycles. The first kappa shape index (κ1) is 13.4. The highest BCUT2D eigenvalue weighted by Crippen LogP contribution is 2.30. The van der Waals surface area contributed by atoms with Gasteiger partial charge in [-0.25, -0.2) is 9.18 Å². The van der Waals surface area contributed by atoms with E-state index in [1.165, 1.54) is 42.5 Å². The van der Waals surface area contributed by atoms with E-state index in [0.717, 1.165) is 6.07 Å². The lowest BCUT2D eigenvalue weighted by molar-refractivity contribution is -0.384. The van der Waals surface area contributed by atoms with Gasteiger partial charge in [0.25, 0.3) is 5.69 Å². The van der Waals surface area contributed by atoms with Crippen LogP contribution in [0.1, 0.15) is 0 Å². The van der Waals surface area contributed by atoms with Crippen molar-refractivity contribution in [1.29, 1.82) is 0 Å². The van der Waals surface area contributed by atoms with Gasteiger partial charge in [0.2, 0.25) is 6.08 Å². The van der Waals surface area contributed by atoms with Crippen molar-refractivity contribution in [1.82, 2.24) is 0 Å². The Morgan fingerprint density at radius 2 is 1.85 bits per heavy atom. The minimum atomic E-state index is -0.638. The maximum Gasteiger partial charge on any atom is 0.275 e. The van der Waals surface area contributed by atoms with Crippen molar-refractivity contribution >= 4 is 17.5 Å². The van der Waals surface area contributed by atoms with E-state index in [-0.39, 0.29) is 17.1 Å². The Bertz CT molecular complexity index is 674. The van der Waals surface area contributed by atoms with Gasteiger partial charge in [-0.3, -0.25) is 10.1 Å². The summed E-state index contributed by atoms with van der Waals surface area (Å²) >= 11 is 0. The second-order valence-electron chi connectivity index (χ2n) is 3.70. The van der Waals surface area contributed by atoms with Crippen LogP contribution < -0.4 is 4.74 Å². The molecule has 0 aliphatic carbocycles. The Morgan fingerprint density at radius 3 is 2.45 bits per heavy atom. The molecule has 2 aromatic carbocycles. The van der Waals surface area contributed by atoms with Crippen molar-refractivity contribution < 1.29 is 18.8 Å². The summed E-state index contributed by atoms with van der Waals surface area (Å²) in [7, 11) is 0. The van der Waals surface area contributed by atoms with Crippen LogP contribution in [0.15, 0.2) is 47.5 Å². The molecule has 0 aliphatic rings. The summed E-state index contributed by atoms with van der Waals surface area (Å²) in [4.78, 5) is 23.7. The van der Waals surface area contributed by atoms with Crippen molar-refractivity contribution in [2.75, 3.05) is 0 Å². The maximum absolute atomic E-state index is 12.8. The zero-order chi connectivity index (χ0) is 14.5. The zero-order valence-corrected chi connectivity index (χ0v) is 9.95. The van der Waals surface area contributed by atoms with E-state index in [1.54, 1.807) is 0 Å². The molecule has 0 N–H and O–H groups in total. The van der Waals surface area contributed by atoms with Crippen LogP contribution in [0.25, 0.3) is 0 Å². The summed E-state index contributed by atoms with van der Waals surface area (Å²) in [5.74, 6) is -0.0182. The Labute approximate surface area is 112 Å². The number of benzene rings is 2. The van der Waals surface area contributed by atoms with Crippen LogP contribution in [0, 0.1) is 15.9 Å². The lowest BCUT2D eigenvalue weighted by atomic mass is 10.2.